The standard InChI is InChI=1S/C10H17N3S/c1-2-3-6-12-10(11)13-8-9-5-4-7-14-9/h4-5,7H,2-3,6,8H2,1H3,(H3,11,12,13). The largest absolute Gasteiger partial charge is 0.370 e. The van der Waals surface area contributed by atoms with E-state index in [1.165, 1.54) is 11.3 Å². The number of unbranched alkanes of at least 4 members (excludes halogenated alkanes) is 1. The molecule has 0 aliphatic heterocycles. The molecule has 0 aromatic carbocycles. The molecule has 0 aliphatic rings. The van der Waals surface area contributed by atoms with Crippen LogP contribution < -0.4 is 11.1 Å². The van der Waals surface area contributed by atoms with Crippen LogP contribution in [0.1, 0.15) is 24.6 Å². The number of thiophene rings is 1. The Morgan fingerprint density at radius 1 is 1.64 bits per heavy atom. The molecule has 1 aromatic heterocycles. The first kappa shape index (κ1) is 11.0. The lowest BCUT2D eigenvalue weighted by Crippen LogP contribution is -2.32. The Balaban J connectivity index is 2.23. The van der Waals surface area contributed by atoms with Crippen LogP contribution in [-0.2, 0) is 6.54 Å². The van der Waals surface area contributed by atoms with E-state index in [9.17, 15) is 0 Å². The second-order valence-corrected chi connectivity index (χ2v) is 4.09. The molecule has 0 saturated heterocycles. The van der Waals surface area contributed by atoms with Crippen molar-refractivity contribution in [2.24, 2.45) is 10.7 Å². The molecule has 1 heterocycles. The number of rotatable bonds is 5. The molecule has 1 rings (SSSR count). The summed E-state index contributed by atoms with van der Waals surface area (Å²) in [6.07, 6.45) is 2.31. The molecule has 0 aliphatic carbocycles. The fraction of sp³-hybridized carbons (Fsp3) is 0.500. The predicted octanol–water partition coefficient (Wildman–Crippen LogP) is 1.95. The molecule has 0 saturated carbocycles. The van der Waals surface area contributed by atoms with Crippen LogP contribution in [0.4, 0.5) is 0 Å². The lowest BCUT2D eigenvalue weighted by molar-refractivity contribution is 0.748. The summed E-state index contributed by atoms with van der Waals surface area (Å²) in [5.41, 5.74) is 5.67. The van der Waals surface area contributed by atoms with E-state index in [0.29, 0.717) is 12.5 Å². The summed E-state index contributed by atoms with van der Waals surface area (Å²) >= 11 is 1.70. The summed E-state index contributed by atoms with van der Waals surface area (Å²) in [4.78, 5) is 5.47. The van der Waals surface area contributed by atoms with Gasteiger partial charge in [0.15, 0.2) is 5.96 Å². The minimum Gasteiger partial charge on any atom is -0.370 e. The molecule has 0 bridgehead atoms. The van der Waals surface area contributed by atoms with Gasteiger partial charge in [0.2, 0.25) is 0 Å². The summed E-state index contributed by atoms with van der Waals surface area (Å²) in [5, 5.41) is 5.13. The predicted molar refractivity (Wildman–Crippen MR) is 62.6 cm³/mol. The van der Waals surface area contributed by atoms with Gasteiger partial charge in [-0.25, -0.2) is 4.99 Å². The highest BCUT2D eigenvalue weighted by atomic mass is 32.1. The minimum atomic E-state index is 0.548. The average molecular weight is 211 g/mol. The van der Waals surface area contributed by atoms with Gasteiger partial charge in [0.05, 0.1) is 6.54 Å². The zero-order valence-electron chi connectivity index (χ0n) is 8.49. The summed E-state index contributed by atoms with van der Waals surface area (Å²) in [6.45, 7) is 3.75. The molecule has 0 spiro atoms. The molecule has 3 nitrogen and oxygen atoms in total. The number of nitrogens with zero attached hydrogens (tertiary/aromatic N) is 1. The molecule has 14 heavy (non-hydrogen) atoms. The van der Waals surface area contributed by atoms with Crippen LogP contribution in [-0.4, -0.2) is 12.5 Å². The van der Waals surface area contributed by atoms with Crippen LogP contribution in [0.3, 0.4) is 0 Å². The third-order valence-corrected chi connectivity index (χ3v) is 2.68. The van der Waals surface area contributed by atoms with Gasteiger partial charge in [-0.15, -0.1) is 11.3 Å². The fourth-order valence-electron chi connectivity index (χ4n) is 1.01. The Hall–Kier alpha value is -1.03. The van der Waals surface area contributed by atoms with E-state index < -0.39 is 0 Å². The molecule has 3 N–H and O–H groups in total. The minimum absolute atomic E-state index is 0.548. The van der Waals surface area contributed by atoms with Gasteiger partial charge in [0, 0.05) is 11.4 Å². The number of aliphatic imine (C=N–C) groups is 1. The molecule has 0 unspecified atom stereocenters. The topological polar surface area (TPSA) is 50.4 Å². The van der Waals surface area contributed by atoms with Crippen molar-refractivity contribution in [3.05, 3.63) is 22.4 Å². The van der Waals surface area contributed by atoms with Gasteiger partial charge in [0.25, 0.3) is 0 Å². The second kappa shape index (κ2) is 6.43. The van der Waals surface area contributed by atoms with E-state index in [1.54, 1.807) is 11.3 Å². The first-order valence-electron chi connectivity index (χ1n) is 4.89. The summed E-state index contributed by atoms with van der Waals surface area (Å²) in [5.74, 6) is 0.548. The van der Waals surface area contributed by atoms with Crippen molar-refractivity contribution in [3.63, 3.8) is 0 Å². The first-order chi connectivity index (χ1) is 6.83. The molecule has 0 amide bonds. The van der Waals surface area contributed by atoms with E-state index in [-0.39, 0.29) is 0 Å². The number of hydrogen-bond acceptors (Lipinski definition) is 2. The van der Waals surface area contributed by atoms with E-state index >= 15 is 0 Å². The van der Waals surface area contributed by atoms with Crippen molar-refractivity contribution >= 4 is 17.3 Å². The van der Waals surface area contributed by atoms with Crippen LogP contribution in [0, 0.1) is 0 Å². The molecular weight excluding hydrogens is 194 g/mol. The normalized spacial score (nSPS) is 11.6. The molecule has 78 valence electrons. The Morgan fingerprint density at radius 3 is 3.14 bits per heavy atom. The zero-order chi connectivity index (χ0) is 10.2. The lowest BCUT2D eigenvalue weighted by atomic mass is 10.3. The van der Waals surface area contributed by atoms with Crippen LogP contribution in [0.5, 0.6) is 0 Å². The number of nitrogens with two attached hydrogens (primary N) is 1. The second-order valence-electron chi connectivity index (χ2n) is 3.06. The number of nitrogens with one attached hydrogen (secondary N) is 1. The Bertz CT molecular complexity index is 267. The first-order valence-corrected chi connectivity index (χ1v) is 5.77. The van der Waals surface area contributed by atoms with Gasteiger partial charge in [-0.3, -0.25) is 0 Å². The van der Waals surface area contributed by atoms with Crippen LogP contribution in [0.2, 0.25) is 0 Å². The van der Waals surface area contributed by atoms with E-state index in [0.717, 1.165) is 13.0 Å². The molecular formula is C10H17N3S. The summed E-state index contributed by atoms with van der Waals surface area (Å²) < 4.78 is 0. The van der Waals surface area contributed by atoms with Gasteiger partial charge in [-0.2, -0.15) is 0 Å². The zero-order valence-corrected chi connectivity index (χ0v) is 9.31. The van der Waals surface area contributed by atoms with Gasteiger partial charge in [0.1, 0.15) is 0 Å². The SMILES string of the molecule is CCCCNC(N)=NCc1cccs1. The third-order valence-electron chi connectivity index (χ3n) is 1.82. The fourth-order valence-corrected chi connectivity index (χ4v) is 1.64. The van der Waals surface area contributed by atoms with Gasteiger partial charge in [-0.05, 0) is 17.9 Å². The molecule has 0 atom stereocenters. The molecule has 4 heteroatoms. The van der Waals surface area contributed by atoms with Crippen LogP contribution in [0.15, 0.2) is 22.5 Å². The highest BCUT2D eigenvalue weighted by Crippen LogP contribution is 2.08. The van der Waals surface area contributed by atoms with Gasteiger partial charge in [-0.1, -0.05) is 19.4 Å². The lowest BCUT2D eigenvalue weighted by Gasteiger charge is -2.03. The van der Waals surface area contributed by atoms with E-state index in [1.807, 2.05) is 11.4 Å². The highest BCUT2D eigenvalue weighted by Gasteiger charge is 1.92. The average Bonchev–Trinajstić information content (AvgIpc) is 2.68. The van der Waals surface area contributed by atoms with Crippen molar-refractivity contribution in [2.75, 3.05) is 6.54 Å². The monoisotopic (exact) mass is 211 g/mol. The Labute approximate surface area is 89.0 Å². The molecule has 0 fully saturated rings. The van der Waals surface area contributed by atoms with Gasteiger partial charge < -0.3 is 11.1 Å². The van der Waals surface area contributed by atoms with Crippen molar-refractivity contribution < 1.29 is 0 Å². The van der Waals surface area contributed by atoms with Crippen LogP contribution in [0.25, 0.3) is 0 Å². The van der Waals surface area contributed by atoms with E-state index in [2.05, 4.69) is 23.3 Å². The third kappa shape index (κ3) is 4.28. The van der Waals surface area contributed by atoms with Crippen molar-refractivity contribution in [1.29, 1.82) is 0 Å². The van der Waals surface area contributed by atoms with Gasteiger partial charge >= 0.3 is 0 Å². The number of hydrogen-bond donors (Lipinski definition) is 2. The van der Waals surface area contributed by atoms with Crippen molar-refractivity contribution in [3.8, 4) is 0 Å². The molecule has 0 radical (unpaired) electrons. The highest BCUT2D eigenvalue weighted by molar-refractivity contribution is 7.09. The number of guanidine groups is 1. The van der Waals surface area contributed by atoms with E-state index in [4.69, 9.17) is 5.73 Å². The maximum atomic E-state index is 5.67. The van der Waals surface area contributed by atoms with Crippen molar-refractivity contribution in [2.45, 2.75) is 26.3 Å². The molecule has 1 aromatic rings. The summed E-state index contributed by atoms with van der Waals surface area (Å²) in [7, 11) is 0. The maximum absolute atomic E-state index is 5.67. The maximum Gasteiger partial charge on any atom is 0.188 e. The quantitative estimate of drug-likeness (QED) is 0.444. The van der Waals surface area contributed by atoms with Crippen LogP contribution >= 0.6 is 11.3 Å². The Morgan fingerprint density at radius 2 is 2.50 bits per heavy atom. The summed E-state index contributed by atoms with van der Waals surface area (Å²) in [6, 6.07) is 4.09. The van der Waals surface area contributed by atoms with Crippen molar-refractivity contribution in [1.82, 2.24) is 5.32 Å². The Kier molecular flexibility index (Phi) is 5.07. The smallest absolute Gasteiger partial charge is 0.188 e.